The molecule has 32 heavy (non-hydrogen) atoms. The number of aromatic nitrogens is 4. The number of rotatable bonds is 6. The standard InChI is InChI=1S/C22H22N6O3S/c1-14-12-15(2)24-22(23-14)27-32(30,31)18-10-8-17(9-11-18)28(16(3)29)13-21-25-19-6-4-5-7-20(19)26-21/h4-12H,13H2,1-3H3,(H,25,26)(H,23,24,27). The monoisotopic (exact) mass is 450 g/mol. The number of imidazole rings is 1. The van der Waals surface area contributed by atoms with Crippen LogP contribution in [0.1, 0.15) is 24.1 Å². The predicted octanol–water partition coefficient (Wildman–Crippen LogP) is 3.32. The number of sulfonamides is 1. The molecule has 0 saturated carbocycles. The molecule has 2 aromatic heterocycles. The SMILES string of the molecule is CC(=O)N(Cc1nc2ccccc2[nH]1)c1ccc(S(=O)(=O)Nc2nc(C)cc(C)n2)cc1. The number of H-pyrrole nitrogens is 1. The highest BCUT2D eigenvalue weighted by atomic mass is 32.2. The van der Waals surface area contributed by atoms with Crippen molar-refractivity contribution in [1.29, 1.82) is 0 Å². The number of carbonyl (C=O) groups is 1. The van der Waals surface area contributed by atoms with Gasteiger partial charge < -0.3 is 9.88 Å². The summed E-state index contributed by atoms with van der Waals surface area (Å²) in [5.74, 6) is 0.455. The molecule has 0 radical (unpaired) electrons. The normalized spacial score (nSPS) is 11.5. The minimum atomic E-state index is -3.88. The molecule has 0 aliphatic carbocycles. The number of hydrogen-bond donors (Lipinski definition) is 2. The molecule has 0 spiro atoms. The van der Waals surface area contributed by atoms with Crippen molar-refractivity contribution in [3.05, 3.63) is 71.8 Å². The summed E-state index contributed by atoms with van der Waals surface area (Å²) in [4.78, 5) is 29.8. The largest absolute Gasteiger partial charge is 0.340 e. The number of carbonyl (C=O) groups excluding carboxylic acids is 1. The summed E-state index contributed by atoms with van der Waals surface area (Å²) in [6.45, 7) is 5.20. The van der Waals surface area contributed by atoms with Crippen LogP contribution in [0.4, 0.5) is 11.6 Å². The third-order valence-corrected chi connectivity index (χ3v) is 6.14. The Morgan fingerprint density at radius 1 is 1.00 bits per heavy atom. The minimum Gasteiger partial charge on any atom is -0.340 e. The Morgan fingerprint density at radius 3 is 2.28 bits per heavy atom. The number of nitrogens with one attached hydrogen (secondary N) is 2. The van der Waals surface area contributed by atoms with Gasteiger partial charge in [-0.05, 0) is 56.3 Å². The summed E-state index contributed by atoms with van der Waals surface area (Å²) in [5, 5.41) is 0. The summed E-state index contributed by atoms with van der Waals surface area (Å²) in [5.41, 5.74) is 3.57. The summed E-state index contributed by atoms with van der Waals surface area (Å²) in [6.07, 6.45) is 0. The summed E-state index contributed by atoms with van der Waals surface area (Å²) in [7, 11) is -3.88. The fraction of sp³-hybridized carbons (Fsp3) is 0.182. The van der Waals surface area contributed by atoms with E-state index in [0.717, 1.165) is 11.0 Å². The molecule has 0 aliphatic rings. The average molecular weight is 451 g/mol. The zero-order valence-electron chi connectivity index (χ0n) is 17.8. The van der Waals surface area contributed by atoms with Crippen LogP contribution in [0.3, 0.4) is 0 Å². The number of aryl methyl sites for hydroxylation is 2. The lowest BCUT2D eigenvalue weighted by Gasteiger charge is -2.20. The van der Waals surface area contributed by atoms with E-state index in [-0.39, 0.29) is 23.3 Å². The number of hydrogen-bond acceptors (Lipinski definition) is 6. The molecule has 9 nitrogen and oxygen atoms in total. The smallest absolute Gasteiger partial charge is 0.264 e. The lowest BCUT2D eigenvalue weighted by Crippen LogP contribution is -2.28. The molecule has 0 unspecified atom stereocenters. The molecule has 4 aromatic rings. The maximum Gasteiger partial charge on any atom is 0.264 e. The van der Waals surface area contributed by atoms with Crippen molar-refractivity contribution in [3.63, 3.8) is 0 Å². The van der Waals surface area contributed by atoms with Gasteiger partial charge in [0.25, 0.3) is 10.0 Å². The van der Waals surface area contributed by atoms with Crippen LogP contribution in [0.5, 0.6) is 0 Å². The van der Waals surface area contributed by atoms with Crippen molar-refractivity contribution in [3.8, 4) is 0 Å². The van der Waals surface area contributed by atoms with E-state index in [1.54, 1.807) is 32.0 Å². The fourth-order valence-corrected chi connectivity index (χ4v) is 4.31. The molecule has 0 atom stereocenters. The molecular weight excluding hydrogens is 428 g/mol. The number of aromatic amines is 1. The van der Waals surface area contributed by atoms with Gasteiger partial charge in [-0.25, -0.2) is 28.1 Å². The van der Waals surface area contributed by atoms with E-state index in [1.807, 2.05) is 24.3 Å². The van der Waals surface area contributed by atoms with E-state index in [4.69, 9.17) is 0 Å². The topological polar surface area (TPSA) is 121 Å². The number of nitrogens with zero attached hydrogens (tertiary/aromatic N) is 4. The molecule has 0 fully saturated rings. The van der Waals surface area contributed by atoms with Gasteiger partial charge in [0, 0.05) is 24.0 Å². The van der Waals surface area contributed by atoms with E-state index in [0.29, 0.717) is 22.9 Å². The molecule has 0 aliphatic heterocycles. The molecule has 2 heterocycles. The van der Waals surface area contributed by atoms with Crippen LogP contribution >= 0.6 is 0 Å². The van der Waals surface area contributed by atoms with Crippen LogP contribution < -0.4 is 9.62 Å². The fourth-order valence-electron chi connectivity index (χ4n) is 3.37. The summed E-state index contributed by atoms with van der Waals surface area (Å²) < 4.78 is 27.9. The Labute approximate surface area is 185 Å². The van der Waals surface area contributed by atoms with Gasteiger partial charge in [-0.2, -0.15) is 0 Å². The molecule has 10 heteroatoms. The van der Waals surface area contributed by atoms with Crippen LogP contribution in [-0.2, 0) is 21.4 Å². The Balaban J connectivity index is 1.56. The lowest BCUT2D eigenvalue weighted by atomic mass is 10.3. The highest BCUT2D eigenvalue weighted by Gasteiger charge is 2.19. The first-order valence-corrected chi connectivity index (χ1v) is 11.4. The Bertz CT molecular complexity index is 1340. The predicted molar refractivity (Wildman–Crippen MR) is 122 cm³/mol. The second-order valence-corrected chi connectivity index (χ2v) is 9.06. The first kappa shape index (κ1) is 21.4. The van der Waals surface area contributed by atoms with E-state index in [9.17, 15) is 13.2 Å². The average Bonchev–Trinajstić information content (AvgIpc) is 3.13. The van der Waals surface area contributed by atoms with Gasteiger partial charge in [0.15, 0.2) is 0 Å². The van der Waals surface area contributed by atoms with E-state index < -0.39 is 10.0 Å². The second kappa shape index (κ2) is 8.39. The molecule has 1 amide bonds. The number of para-hydroxylation sites is 2. The first-order chi connectivity index (χ1) is 15.2. The maximum absolute atomic E-state index is 12.7. The van der Waals surface area contributed by atoms with Gasteiger partial charge in [-0.3, -0.25) is 4.79 Å². The first-order valence-electron chi connectivity index (χ1n) is 9.88. The number of benzene rings is 2. The van der Waals surface area contributed by atoms with Gasteiger partial charge in [0.1, 0.15) is 5.82 Å². The zero-order valence-corrected chi connectivity index (χ0v) is 18.6. The molecule has 2 aromatic carbocycles. The summed E-state index contributed by atoms with van der Waals surface area (Å²) >= 11 is 0. The Morgan fingerprint density at radius 2 is 1.66 bits per heavy atom. The van der Waals surface area contributed by atoms with Gasteiger partial charge in [0.2, 0.25) is 11.9 Å². The number of fused-ring (bicyclic) bond motifs is 1. The zero-order chi connectivity index (χ0) is 22.9. The number of amides is 1. The Kier molecular flexibility index (Phi) is 5.62. The van der Waals surface area contributed by atoms with E-state index in [1.165, 1.54) is 24.0 Å². The Hall–Kier alpha value is -3.79. The van der Waals surface area contributed by atoms with Crippen molar-refractivity contribution in [2.75, 3.05) is 9.62 Å². The van der Waals surface area contributed by atoms with Crippen LogP contribution in [0.15, 0.2) is 59.5 Å². The van der Waals surface area contributed by atoms with Crippen molar-refractivity contribution in [2.45, 2.75) is 32.2 Å². The van der Waals surface area contributed by atoms with Gasteiger partial charge in [-0.1, -0.05) is 12.1 Å². The lowest BCUT2D eigenvalue weighted by molar-refractivity contribution is -0.116. The van der Waals surface area contributed by atoms with Crippen molar-refractivity contribution >= 4 is 38.6 Å². The highest BCUT2D eigenvalue weighted by Crippen LogP contribution is 2.22. The van der Waals surface area contributed by atoms with Crippen molar-refractivity contribution < 1.29 is 13.2 Å². The number of anilines is 2. The molecule has 164 valence electrons. The minimum absolute atomic E-state index is 0.0156. The third-order valence-electron chi connectivity index (χ3n) is 4.79. The molecule has 2 N–H and O–H groups in total. The van der Waals surface area contributed by atoms with Gasteiger partial charge in [-0.15, -0.1) is 0 Å². The van der Waals surface area contributed by atoms with Crippen LogP contribution in [0.2, 0.25) is 0 Å². The third kappa shape index (κ3) is 4.59. The van der Waals surface area contributed by atoms with Crippen molar-refractivity contribution in [1.82, 2.24) is 19.9 Å². The van der Waals surface area contributed by atoms with E-state index in [2.05, 4.69) is 24.7 Å². The molecule has 0 saturated heterocycles. The van der Waals surface area contributed by atoms with Crippen LogP contribution in [-0.4, -0.2) is 34.3 Å². The van der Waals surface area contributed by atoms with Gasteiger partial charge in [0.05, 0.1) is 22.5 Å². The molecule has 0 bridgehead atoms. The van der Waals surface area contributed by atoms with Crippen LogP contribution in [0.25, 0.3) is 11.0 Å². The quantitative estimate of drug-likeness (QED) is 0.465. The molecular formula is C22H22N6O3S. The van der Waals surface area contributed by atoms with E-state index >= 15 is 0 Å². The van der Waals surface area contributed by atoms with Gasteiger partial charge >= 0.3 is 0 Å². The highest BCUT2D eigenvalue weighted by molar-refractivity contribution is 7.92. The van der Waals surface area contributed by atoms with Crippen molar-refractivity contribution in [2.24, 2.45) is 0 Å². The van der Waals surface area contributed by atoms with Crippen LogP contribution in [0, 0.1) is 13.8 Å². The molecule has 4 rings (SSSR count). The second-order valence-electron chi connectivity index (χ2n) is 7.38. The maximum atomic E-state index is 12.7. The summed E-state index contributed by atoms with van der Waals surface area (Å²) in [6, 6.07) is 15.4.